The predicted molar refractivity (Wildman–Crippen MR) is 80.8 cm³/mol. The lowest BCUT2D eigenvalue weighted by atomic mass is 9.98. The van der Waals surface area contributed by atoms with E-state index in [2.05, 4.69) is 35.0 Å². The van der Waals surface area contributed by atoms with Gasteiger partial charge in [0.2, 0.25) is 0 Å². The van der Waals surface area contributed by atoms with Gasteiger partial charge in [0.15, 0.2) is 0 Å². The first-order chi connectivity index (χ1) is 9.17. The van der Waals surface area contributed by atoms with Crippen LogP contribution in [0.2, 0.25) is 0 Å². The maximum absolute atomic E-state index is 10.3. The Morgan fingerprint density at radius 2 is 2.21 bits per heavy atom. The molecule has 0 saturated carbocycles. The van der Waals surface area contributed by atoms with E-state index in [-0.39, 0.29) is 6.10 Å². The van der Waals surface area contributed by atoms with Gasteiger partial charge in [0, 0.05) is 26.2 Å². The Hall–Kier alpha value is -0.840. The van der Waals surface area contributed by atoms with Crippen molar-refractivity contribution in [3.63, 3.8) is 0 Å². The van der Waals surface area contributed by atoms with Crippen LogP contribution in [0.1, 0.15) is 40.9 Å². The second-order valence-corrected chi connectivity index (χ2v) is 6.81. The Balaban J connectivity index is 1.91. The topological polar surface area (TPSA) is 29.5 Å². The molecule has 100 valence electrons. The molecule has 1 aliphatic rings. The number of aliphatic hydroxyl groups is 1. The minimum Gasteiger partial charge on any atom is -0.484 e. The van der Waals surface area contributed by atoms with E-state index in [0.29, 0.717) is 6.42 Å². The highest BCUT2D eigenvalue weighted by Gasteiger charge is 2.28. The number of aliphatic hydroxyl groups excluding tert-OH is 1. The average molecular weight is 339 g/mol. The van der Waals surface area contributed by atoms with Gasteiger partial charge in [-0.25, -0.2) is 0 Å². The maximum atomic E-state index is 10.3. The molecule has 2 aromatic rings. The highest BCUT2D eigenvalue weighted by Crippen LogP contribution is 2.43. The predicted octanol–water partition coefficient (Wildman–Crippen LogP) is 4.63. The molecule has 2 atom stereocenters. The second-order valence-electron chi connectivity index (χ2n) is 4.70. The van der Waals surface area contributed by atoms with Gasteiger partial charge in [0.25, 0.3) is 0 Å². The summed E-state index contributed by atoms with van der Waals surface area (Å²) < 4.78 is 7.02. The summed E-state index contributed by atoms with van der Waals surface area (Å²) in [4.78, 5) is 2.55. The summed E-state index contributed by atoms with van der Waals surface area (Å²) in [6.07, 6.45) is 1.18. The standard InChI is InChI=1S/C15H15BrO2S/c1-2-10-4-6-15(19-10)14-8-12(17)11-5-3-9(16)7-13(11)18-14/h3-7,12,14,17H,2,8H2,1H3/t12-,14?/m1/s1. The van der Waals surface area contributed by atoms with E-state index in [1.54, 1.807) is 11.3 Å². The number of benzene rings is 1. The van der Waals surface area contributed by atoms with E-state index >= 15 is 0 Å². The molecule has 0 fully saturated rings. The van der Waals surface area contributed by atoms with E-state index in [1.807, 2.05) is 18.2 Å². The van der Waals surface area contributed by atoms with Crippen molar-refractivity contribution in [3.8, 4) is 5.75 Å². The van der Waals surface area contributed by atoms with Crippen molar-refractivity contribution in [2.75, 3.05) is 0 Å². The number of halogens is 1. The lowest BCUT2D eigenvalue weighted by Gasteiger charge is -2.29. The molecular formula is C15H15BrO2S. The van der Waals surface area contributed by atoms with Crippen LogP contribution in [-0.2, 0) is 6.42 Å². The van der Waals surface area contributed by atoms with E-state index in [0.717, 1.165) is 22.2 Å². The van der Waals surface area contributed by atoms with Crippen molar-refractivity contribution >= 4 is 27.3 Å². The Morgan fingerprint density at radius 3 is 2.95 bits per heavy atom. The fourth-order valence-electron chi connectivity index (χ4n) is 2.35. The second kappa shape index (κ2) is 5.27. The number of thiophene rings is 1. The highest BCUT2D eigenvalue weighted by molar-refractivity contribution is 9.10. The molecule has 1 aromatic carbocycles. The van der Waals surface area contributed by atoms with Gasteiger partial charge in [-0.15, -0.1) is 11.3 Å². The van der Waals surface area contributed by atoms with Crippen LogP contribution >= 0.6 is 27.3 Å². The van der Waals surface area contributed by atoms with Crippen LogP contribution in [-0.4, -0.2) is 5.11 Å². The zero-order valence-corrected chi connectivity index (χ0v) is 13.0. The van der Waals surface area contributed by atoms with Crippen LogP contribution in [0.25, 0.3) is 0 Å². The van der Waals surface area contributed by atoms with Crippen LogP contribution in [0, 0.1) is 0 Å². The minimum absolute atomic E-state index is 0.0397. The number of hydrogen-bond acceptors (Lipinski definition) is 3. The Labute approximate surface area is 125 Å². The largest absolute Gasteiger partial charge is 0.484 e. The van der Waals surface area contributed by atoms with Crippen molar-refractivity contribution in [1.29, 1.82) is 0 Å². The first-order valence-corrected chi connectivity index (χ1v) is 8.01. The summed E-state index contributed by atoms with van der Waals surface area (Å²) in [7, 11) is 0. The molecule has 19 heavy (non-hydrogen) atoms. The van der Waals surface area contributed by atoms with Crippen LogP contribution < -0.4 is 4.74 Å². The van der Waals surface area contributed by atoms with Crippen LogP contribution in [0.4, 0.5) is 0 Å². The quantitative estimate of drug-likeness (QED) is 0.864. The molecule has 0 aliphatic carbocycles. The molecule has 1 aromatic heterocycles. The lowest BCUT2D eigenvalue weighted by molar-refractivity contribution is 0.0674. The van der Waals surface area contributed by atoms with Gasteiger partial charge in [-0.3, -0.25) is 0 Å². The van der Waals surface area contributed by atoms with E-state index in [4.69, 9.17) is 4.74 Å². The summed E-state index contributed by atoms with van der Waals surface area (Å²) in [6, 6.07) is 10.0. The van der Waals surface area contributed by atoms with Crippen molar-refractivity contribution in [1.82, 2.24) is 0 Å². The van der Waals surface area contributed by atoms with E-state index in [9.17, 15) is 5.11 Å². The minimum atomic E-state index is -0.450. The Morgan fingerprint density at radius 1 is 1.37 bits per heavy atom. The first kappa shape index (κ1) is 13.2. The summed E-state index contributed by atoms with van der Waals surface area (Å²) in [5.74, 6) is 0.782. The average Bonchev–Trinajstić information content (AvgIpc) is 2.86. The number of fused-ring (bicyclic) bond motifs is 1. The molecule has 2 heterocycles. The summed E-state index contributed by atoms with van der Waals surface area (Å²) >= 11 is 5.22. The SMILES string of the molecule is CCc1ccc(C2C[C@@H](O)c3ccc(Br)cc3O2)s1. The number of aryl methyl sites for hydroxylation is 1. The molecule has 0 saturated heterocycles. The van der Waals surface area contributed by atoms with Crippen molar-refractivity contribution in [2.45, 2.75) is 32.0 Å². The fraction of sp³-hybridized carbons (Fsp3) is 0.333. The molecule has 1 aliphatic heterocycles. The van der Waals surface area contributed by atoms with Gasteiger partial charge in [-0.05, 0) is 30.7 Å². The number of rotatable bonds is 2. The third-order valence-corrected chi connectivity index (χ3v) is 5.20. The molecule has 2 nitrogen and oxygen atoms in total. The Bertz CT molecular complexity index is 594. The first-order valence-electron chi connectivity index (χ1n) is 6.40. The number of ether oxygens (including phenoxy) is 1. The normalized spacial score (nSPS) is 21.8. The molecule has 0 bridgehead atoms. The molecule has 0 amide bonds. The fourth-order valence-corrected chi connectivity index (χ4v) is 3.68. The third-order valence-electron chi connectivity index (χ3n) is 3.39. The molecule has 3 rings (SSSR count). The lowest BCUT2D eigenvalue weighted by Crippen LogP contribution is -2.18. The zero-order valence-electron chi connectivity index (χ0n) is 10.6. The third kappa shape index (κ3) is 2.57. The van der Waals surface area contributed by atoms with Gasteiger partial charge in [0.1, 0.15) is 11.9 Å². The Kier molecular flexibility index (Phi) is 3.65. The molecular weight excluding hydrogens is 324 g/mol. The van der Waals surface area contributed by atoms with Crippen molar-refractivity contribution in [3.05, 3.63) is 50.1 Å². The number of hydrogen-bond donors (Lipinski definition) is 1. The van der Waals surface area contributed by atoms with Crippen LogP contribution in [0.3, 0.4) is 0 Å². The van der Waals surface area contributed by atoms with Gasteiger partial charge in [-0.2, -0.15) is 0 Å². The summed E-state index contributed by atoms with van der Waals surface area (Å²) in [5, 5.41) is 10.3. The molecule has 0 radical (unpaired) electrons. The summed E-state index contributed by atoms with van der Waals surface area (Å²) in [6.45, 7) is 2.15. The van der Waals surface area contributed by atoms with Crippen LogP contribution in [0.5, 0.6) is 5.75 Å². The van der Waals surface area contributed by atoms with E-state index < -0.39 is 6.10 Å². The van der Waals surface area contributed by atoms with Gasteiger partial charge >= 0.3 is 0 Å². The van der Waals surface area contributed by atoms with Gasteiger partial charge in [0.05, 0.1) is 6.10 Å². The highest BCUT2D eigenvalue weighted by atomic mass is 79.9. The smallest absolute Gasteiger partial charge is 0.136 e. The monoisotopic (exact) mass is 338 g/mol. The van der Waals surface area contributed by atoms with Gasteiger partial charge < -0.3 is 9.84 Å². The van der Waals surface area contributed by atoms with Crippen LogP contribution in [0.15, 0.2) is 34.8 Å². The van der Waals surface area contributed by atoms with Crippen molar-refractivity contribution in [2.24, 2.45) is 0 Å². The molecule has 0 spiro atoms. The van der Waals surface area contributed by atoms with Crippen molar-refractivity contribution < 1.29 is 9.84 Å². The van der Waals surface area contributed by atoms with Gasteiger partial charge in [-0.1, -0.05) is 28.9 Å². The summed E-state index contributed by atoms with van der Waals surface area (Å²) in [5.41, 5.74) is 0.881. The molecule has 1 unspecified atom stereocenters. The molecule has 4 heteroatoms. The van der Waals surface area contributed by atoms with E-state index in [1.165, 1.54) is 9.75 Å². The molecule has 1 N–H and O–H groups in total. The maximum Gasteiger partial charge on any atom is 0.136 e. The zero-order chi connectivity index (χ0) is 13.4.